The fourth-order valence-electron chi connectivity index (χ4n) is 4.56. The first-order valence-electron chi connectivity index (χ1n) is 11.7. The Labute approximate surface area is 228 Å². The zero-order valence-corrected chi connectivity index (χ0v) is 22.5. The standard InChI is InChI=1S/C28H31FN2O3.Na/c1-34-24-7-2-5-20(17-24)14-16-31-15-4-8-25-22(6-3-9-27(25)31)19-30-23-12-10-21(26(29)18-23)11-13-28(32)33;/h2-3,5-7,9-10,12,17-18,30H,4,8,11,13-16,19H2,1H3,(H,32,33);/q;+1/p-1. The van der Waals surface area contributed by atoms with E-state index >= 15 is 0 Å². The zero-order valence-electron chi connectivity index (χ0n) is 20.5. The third-order valence-corrected chi connectivity index (χ3v) is 6.38. The Bertz CT molecular complexity index is 1150. The summed E-state index contributed by atoms with van der Waals surface area (Å²) in [6.07, 6.45) is 3.02. The molecule has 1 aliphatic heterocycles. The van der Waals surface area contributed by atoms with Crippen molar-refractivity contribution >= 4 is 17.3 Å². The quantitative estimate of drug-likeness (QED) is 0.437. The molecule has 5 nitrogen and oxygen atoms in total. The van der Waals surface area contributed by atoms with Gasteiger partial charge in [-0.2, -0.15) is 0 Å². The van der Waals surface area contributed by atoms with Crippen LogP contribution < -0.4 is 49.6 Å². The Morgan fingerprint density at radius 3 is 2.69 bits per heavy atom. The molecule has 0 bridgehead atoms. The van der Waals surface area contributed by atoms with E-state index in [-0.39, 0.29) is 42.4 Å². The summed E-state index contributed by atoms with van der Waals surface area (Å²) in [6.45, 7) is 2.58. The molecule has 0 unspecified atom stereocenters. The summed E-state index contributed by atoms with van der Waals surface area (Å²) in [5.41, 5.74) is 6.16. The number of carbonyl (C=O) groups is 1. The van der Waals surface area contributed by atoms with Crippen LogP contribution in [0.2, 0.25) is 0 Å². The summed E-state index contributed by atoms with van der Waals surface area (Å²) in [6, 6.07) is 19.5. The number of halogens is 1. The summed E-state index contributed by atoms with van der Waals surface area (Å²) < 4.78 is 19.7. The van der Waals surface area contributed by atoms with E-state index in [9.17, 15) is 14.3 Å². The Balaban J connectivity index is 0.00000342. The maximum Gasteiger partial charge on any atom is 1.00 e. The van der Waals surface area contributed by atoms with Gasteiger partial charge in [-0.1, -0.05) is 30.3 Å². The molecule has 7 heteroatoms. The molecule has 3 aromatic rings. The van der Waals surface area contributed by atoms with E-state index in [0.29, 0.717) is 17.8 Å². The second-order valence-corrected chi connectivity index (χ2v) is 8.64. The number of nitrogens with zero attached hydrogens (tertiary/aromatic N) is 1. The van der Waals surface area contributed by atoms with Crippen LogP contribution in [0.3, 0.4) is 0 Å². The molecule has 0 spiro atoms. The van der Waals surface area contributed by atoms with Gasteiger partial charge in [-0.3, -0.25) is 0 Å². The molecule has 0 fully saturated rings. The van der Waals surface area contributed by atoms with Crippen LogP contribution in [-0.4, -0.2) is 26.2 Å². The summed E-state index contributed by atoms with van der Waals surface area (Å²) in [5.74, 6) is -0.689. The molecule has 0 saturated carbocycles. The molecule has 4 rings (SSSR count). The number of carboxylic acid groups (broad SMARTS) is 1. The van der Waals surface area contributed by atoms with Gasteiger partial charge in [0.1, 0.15) is 11.6 Å². The maximum absolute atomic E-state index is 14.4. The smallest absolute Gasteiger partial charge is 0.550 e. The van der Waals surface area contributed by atoms with Crippen molar-refractivity contribution in [3.8, 4) is 5.75 Å². The van der Waals surface area contributed by atoms with Crippen molar-refractivity contribution in [1.29, 1.82) is 0 Å². The van der Waals surface area contributed by atoms with Crippen molar-refractivity contribution < 1.29 is 48.6 Å². The fourth-order valence-corrected chi connectivity index (χ4v) is 4.56. The first-order valence-corrected chi connectivity index (χ1v) is 11.7. The van der Waals surface area contributed by atoms with Gasteiger partial charge in [0.2, 0.25) is 0 Å². The van der Waals surface area contributed by atoms with E-state index in [4.69, 9.17) is 4.74 Å². The Kier molecular flexibility index (Phi) is 10.0. The second kappa shape index (κ2) is 13.0. The molecular weight excluding hydrogens is 454 g/mol. The van der Waals surface area contributed by atoms with Crippen LogP contribution in [0.5, 0.6) is 5.75 Å². The zero-order chi connectivity index (χ0) is 23.9. The second-order valence-electron chi connectivity index (χ2n) is 8.64. The molecule has 3 aromatic carbocycles. The minimum absolute atomic E-state index is 0. The molecule has 0 saturated heterocycles. The van der Waals surface area contributed by atoms with Crippen molar-refractivity contribution in [1.82, 2.24) is 0 Å². The van der Waals surface area contributed by atoms with Crippen LogP contribution in [0, 0.1) is 5.82 Å². The van der Waals surface area contributed by atoms with Crippen LogP contribution in [0.25, 0.3) is 0 Å². The first kappa shape index (κ1) is 27.1. The number of nitrogens with one attached hydrogen (secondary N) is 1. The van der Waals surface area contributed by atoms with Crippen LogP contribution in [0.1, 0.15) is 35.1 Å². The molecular formula is C28H30FN2NaO3. The number of methoxy groups -OCH3 is 1. The molecule has 35 heavy (non-hydrogen) atoms. The normalized spacial score (nSPS) is 12.5. The molecule has 0 atom stereocenters. The Hall–Kier alpha value is -2.54. The predicted octanol–water partition coefficient (Wildman–Crippen LogP) is 1.13. The van der Waals surface area contributed by atoms with Gasteiger partial charge in [0, 0.05) is 37.0 Å². The molecule has 1 N–H and O–H groups in total. The summed E-state index contributed by atoms with van der Waals surface area (Å²) >= 11 is 0. The van der Waals surface area contributed by atoms with Gasteiger partial charge >= 0.3 is 29.6 Å². The molecule has 0 amide bonds. The van der Waals surface area contributed by atoms with E-state index in [1.165, 1.54) is 28.4 Å². The van der Waals surface area contributed by atoms with Gasteiger partial charge in [-0.15, -0.1) is 0 Å². The summed E-state index contributed by atoms with van der Waals surface area (Å²) in [5, 5.41) is 14.0. The molecule has 178 valence electrons. The number of hydrogen-bond donors (Lipinski definition) is 1. The van der Waals surface area contributed by atoms with Crippen LogP contribution in [-0.2, 0) is 30.6 Å². The average molecular weight is 485 g/mol. The van der Waals surface area contributed by atoms with E-state index < -0.39 is 11.8 Å². The number of aryl methyl sites for hydroxylation is 1. The van der Waals surface area contributed by atoms with Crippen molar-refractivity contribution in [2.24, 2.45) is 0 Å². The summed E-state index contributed by atoms with van der Waals surface area (Å²) in [7, 11) is 1.69. The van der Waals surface area contributed by atoms with Gasteiger partial charge in [0.25, 0.3) is 0 Å². The third kappa shape index (κ3) is 7.23. The van der Waals surface area contributed by atoms with E-state index in [1.807, 2.05) is 12.1 Å². The van der Waals surface area contributed by atoms with Gasteiger partial charge in [0.05, 0.1) is 7.11 Å². The largest absolute Gasteiger partial charge is 1.00 e. The van der Waals surface area contributed by atoms with Gasteiger partial charge in [-0.25, -0.2) is 4.39 Å². The minimum atomic E-state index is -1.17. The molecule has 1 heterocycles. The van der Waals surface area contributed by atoms with Gasteiger partial charge < -0.3 is 24.9 Å². The predicted molar refractivity (Wildman–Crippen MR) is 131 cm³/mol. The SMILES string of the molecule is COc1cccc(CCN2CCCc3c(CNc4ccc(CCC(=O)[O-])c(F)c4)cccc32)c1.[Na+]. The van der Waals surface area contributed by atoms with E-state index in [2.05, 4.69) is 40.5 Å². The van der Waals surface area contributed by atoms with Crippen molar-refractivity contribution in [2.75, 3.05) is 30.4 Å². The molecule has 0 radical (unpaired) electrons. The number of hydrogen-bond acceptors (Lipinski definition) is 5. The van der Waals surface area contributed by atoms with Crippen LogP contribution in [0.15, 0.2) is 60.7 Å². The van der Waals surface area contributed by atoms with Crippen LogP contribution in [0.4, 0.5) is 15.8 Å². The Morgan fingerprint density at radius 2 is 1.91 bits per heavy atom. The number of aliphatic carboxylic acids is 1. The minimum Gasteiger partial charge on any atom is -0.550 e. The number of anilines is 2. The van der Waals surface area contributed by atoms with Crippen LogP contribution >= 0.6 is 0 Å². The Morgan fingerprint density at radius 1 is 1.09 bits per heavy atom. The van der Waals surface area contributed by atoms with E-state index in [0.717, 1.165) is 38.1 Å². The molecule has 0 aromatic heterocycles. The average Bonchev–Trinajstić information content (AvgIpc) is 2.85. The van der Waals surface area contributed by atoms with Crippen molar-refractivity contribution in [3.05, 3.63) is 88.7 Å². The number of fused-ring (bicyclic) bond motifs is 1. The topological polar surface area (TPSA) is 64.6 Å². The number of ether oxygens (including phenoxy) is 1. The number of benzene rings is 3. The number of rotatable bonds is 10. The monoisotopic (exact) mass is 484 g/mol. The fraction of sp³-hybridized carbons (Fsp3) is 0.321. The van der Waals surface area contributed by atoms with Gasteiger partial charge in [0.15, 0.2) is 0 Å². The van der Waals surface area contributed by atoms with E-state index in [1.54, 1.807) is 19.2 Å². The summed E-state index contributed by atoms with van der Waals surface area (Å²) in [4.78, 5) is 13.1. The van der Waals surface area contributed by atoms with Crippen molar-refractivity contribution in [2.45, 2.75) is 38.6 Å². The molecule has 0 aliphatic carbocycles. The number of carbonyl (C=O) groups excluding carboxylic acids is 1. The molecule has 1 aliphatic rings. The first-order chi connectivity index (χ1) is 16.5. The van der Waals surface area contributed by atoms with Crippen molar-refractivity contribution in [3.63, 3.8) is 0 Å². The third-order valence-electron chi connectivity index (χ3n) is 6.38. The van der Waals surface area contributed by atoms with Gasteiger partial charge in [-0.05, 0) is 84.7 Å². The maximum atomic E-state index is 14.4. The number of carboxylic acids is 1.